The number of hydrogen-bond donors (Lipinski definition) is 2. The molecule has 24 heavy (non-hydrogen) atoms. The van der Waals surface area contributed by atoms with Gasteiger partial charge in [0.2, 0.25) is 11.0 Å². The van der Waals surface area contributed by atoms with Crippen LogP contribution in [0.3, 0.4) is 0 Å². The average molecular weight is 388 g/mol. The van der Waals surface area contributed by atoms with Crippen LogP contribution in [0.15, 0.2) is 4.34 Å². The molecule has 3 N–H and O–H groups in total. The number of esters is 1. The summed E-state index contributed by atoms with van der Waals surface area (Å²) in [5.74, 6) is -0.640. The average Bonchev–Trinajstić information content (AvgIpc) is 3.10. The van der Waals surface area contributed by atoms with Gasteiger partial charge < -0.3 is 15.8 Å². The number of rotatable bonds is 7. The van der Waals surface area contributed by atoms with Crippen LogP contribution in [-0.2, 0) is 9.53 Å². The summed E-state index contributed by atoms with van der Waals surface area (Å²) in [7, 11) is 0. The van der Waals surface area contributed by atoms with Crippen LogP contribution in [0.25, 0.3) is 0 Å². The van der Waals surface area contributed by atoms with Gasteiger partial charge in [-0.25, -0.2) is 9.78 Å². The highest BCUT2D eigenvalue weighted by atomic mass is 32.2. The van der Waals surface area contributed by atoms with Gasteiger partial charge in [-0.05, 0) is 20.3 Å². The number of carbonyl (C=O) groups is 2. The van der Waals surface area contributed by atoms with Crippen molar-refractivity contribution in [2.75, 3.05) is 17.7 Å². The Labute approximate surface area is 151 Å². The van der Waals surface area contributed by atoms with E-state index in [9.17, 15) is 9.59 Å². The van der Waals surface area contributed by atoms with Gasteiger partial charge in [0.05, 0.1) is 17.6 Å². The van der Waals surface area contributed by atoms with Crippen LogP contribution in [0, 0.1) is 6.92 Å². The Morgan fingerprint density at radius 2 is 2.08 bits per heavy atom. The van der Waals surface area contributed by atoms with Crippen LogP contribution in [0.4, 0.5) is 10.3 Å². The van der Waals surface area contributed by atoms with E-state index in [1.165, 1.54) is 23.1 Å². The molecule has 2 aromatic rings. The van der Waals surface area contributed by atoms with Crippen molar-refractivity contribution in [2.24, 2.45) is 0 Å². The summed E-state index contributed by atoms with van der Waals surface area (Å²) in [6.07, 6.45) is 0.602. The molecule has 2 heterocycles. The Morgan fingerprint density at radius 3 is 2.67 bits per heavy atom. The van der Waals surface area contributed by atoms with Gasteiger partial charge in [0.1, 0.15) is 4.88 Å². The molecule has 0 saturated heterocycles. The molecular weight excluding hydrogens is 370 g/mol. The molecule has 0 radical (unpaired) electrons. The number of aromatic nitrogens is 3. The number of nitrogens with zero attached hydrogens (tertiary/aromatic N) is 3. The fourth-order valence-corrected chi connectivity index (χ4v) is 4.40. The van der Waals surface area contributed by atoms with Crippen LogP contribution in [-0.4, -0.2) is 38.9 Å². The number of nitrogens with one attached hydrogen (secondary N) is 1. The second-order valence-corrected chi connectivity index (χ2v) is 8.02. The number of amides is 1. The first-order chi connectivity index (χ1) is 11.4. The van der Waals surface area contributed by atoms with Crippen molar-refractivity contribution in [3.05, 3.63) is 10.6 Å². The molecule has 1 atom stereocenters. The summed E-state index contributed by atoms with van der Waals surface area (Å²) < 4.78 is 5.60. The molecule has 0 saturated carbocycles. The maximum Gasteiger partial charge on any atom is 0.350 e. The Balaban J connectivity index is 2.04. The van der Waals surface area contributed by atoms with Crippen molar-refractivity contribution >= 4 is 56.6 Å². The van der Waals surface area contributed by atoms with Gasteiger partial charge in [-0.15, -0.1) is 10.2 Å². The lowest BCUT2D eigenvalue weighted by molar-refractivity contribution is -0.115. The van der Waals surface area contributed by atoms with Crippen LogP contribution in [0.1, 0.15) is 35.6 Å². The molecule has 1 amide bonds. The summed E-state index contributed by atoms with van der Waals surface area (Å²) in [6.45, 7) is 5.63. The third-order valence-corrected chi connectivity index (χ3v) is 6.07. The minimum atomic E-state index is -0.432. The summed E-state index contributed by atoms with van der Waals surface area (Å²) in [4.78, 5) is 28.8. The lowest BCUT2D eigenvalue weighted by atomic mass is 10.3. The van der Waals surface area contributed by atoms with Crippen LogP contribution < -0.4 is 11.1 Å². The van der Waals surface area contributed by atoms with Crippen molar-refractivity contribution in [1.82, 2.24) is 15.2 Å². The number of thioether (sulfide) groups is 1. The zero-order chi connectivity index (χ0) is 17.7. The molecule has 0 bridgehead atoms. The van der Waals surface area contributed by atoms with Gasteiger partial charge in [0.25, 0.3) is 0 Å². The molecule has 0 aliphatic rings. The lowest BCUT2D eigenvalue weighted by Gasteiger charge is -2.11. The number of hydrogen-bond acceptors (Lipinski definition) is 10. The van der Waals surface area contributed by atoms with E-state index in [0.717, 1.165) is 11.3 Å². The molecule has 130 valence electrons. The first-order valence-corrected chi connectivity index (χ1v) is 9.66. The van der Waals surface area contributed by atoms with Crippen molar-refractivity contribution in [3.63, 3.8) is 0 Å². The van der Waals surface area contributed by atoms with Crippen molar-refractivity contribution in [2.45, 2.75) is 36.8 Å². The summed E-state index contributed by atoms with van der Waals surface area (Å²) in [6, 6.07) is 0. The first-order valence-electron chi connectivity index (χ1n) is 7.15. The Morgan fingerprint density at radius 1 is 1.33 bits per heavy atom. The van der Waals surface area contributed by atoms with E-state index < -0.39 is 5.97 Å². The molecule has 2 aromatic heterocycles. The highest BCUT2D eigenvalue weighted by Crippen LogP contribution is 2.30. The van der Waals surface area contributed by atoms with E-state index in [1.807, 2.05) is 6.92 Å². The Kier molecular flexibility index (Phi) is 6.52. The summed E-state index contributed by atoms with van der Waals surface area (Å²) in [5.41, 5.74) is 6.08. The lowest BCUT2D eigenvalue weighted by Crippen LogP contribution is -2.24. The molecule has 0 aliphatic carbocycles. The first kappa shape index (κ1) is 18.6. The number of nitrogen functional groups attached to an aromatic ring is 1. The third-order valence-electron chi connectivity index (χ3n) is 2.82. The van der Waals surface area contributed by atoms with E-state index in [-0.39, 0.29) is 17.8 Å². The number of ether oxygens (including phenoxy) is 1. The maximum atomic E-state index is 12.4. The highest BCUT2D eigenvalue weighted by Gasteiger charge is 2.23. The molecular formula is C13H17N5O3S3. The zero-order valence-corrected chi connectivity index (χ0v) is 15.8. The molecule has 0 aliphatic heterocycles. The van der Waals surface area contributed by atoms with Crippen molar-refractivity contribution < 1.29 is 14.3 Å². The second kappa shape index (κ2) is 8.40. The van der Waals surface area contributed by atoms with Crippen molar-refractivity contribution in [1.29, 1.82) is 0 Å². The third kappa shape index (κ3) is 4.65. The molecule has 8 nitrogen and oxygen atoms in total. The fourth-order valence-electron chi connectivity index (χ4n) is 1.73. The SMILES string of the molecule is CCOC(=O)c1sc(NC(=O)[C@H](CC)Sc2nnc(N)s2)nc1C. The van der Waals surface area contributed by atoms with Crippen LogP contribution in [0.2, 0.25) is 0 Å². The largest absolute Gasteiger partial charge is 0.462 e. The quantitative estimate of drug-likeness (QED) is 0.549. The predicted octanol–water partition coefficient (Wildman–Crippen LogP) is 2.57. The number of anilines is 2. The maximum absolute atomic E-state index is 12.4. The molecule has 0 unspecified atom stereocenters. The van der Waals surface area contributed by atoms with Gasteiger partial charge in [-0.2, -0.15) is 0 Å². The molecule has 0 spiro atoms. The molecule has 2 rings (SSSR count). The summed E-state index contributed by atoms with van der Waals surface area (Å²) >= 11 is 3.64. The number of thiazole rings is 1. The zero-order valence-electron chi connectivity index (χ0n) is 13.4. The van der Waals surface area contributed by atoms with Crippen LogP contribution in [0.5, 0.6) is 0 Å². The minimum Gasteiger partial charge on any atom is -0.462 e. The minimum absolute atomic E-state index is 0.208. The van der Waals surface area contributed by atoms with Gasteiger partial charge >= 0.3 is 5.97 Å². The van der Waals surface area contributed by atoms with E-state index >= 15 is 0 Å². The predicted molar refractivity (Wildman–Crippen MR) is 95.7 cm³/mol. The smallest absolute Gasteiger partial charge is 0.350 e. The normalized spacial score (nSPS) is 12.0. The van der Waals surface area contributed by atoms with Crippen LogP contribution >= 0.6 is 34.4 Å². The topological polar surface area (TPSA) is 120 Å². The van der Waals surface area contributed by atoms with Gasteiger partial charge in [0, 0.05) is 0 Å². The van der Waals surface area contributed by atoms with E-state index in [2.05, 4.69) is 20.5 Å². The van der Waals surface area contributed by atoms with E-state index in [1.54, 1.807) is 13.8 Å². The fraction of sp³-hybridized carbons (Fsp3) is 0.462. The van der Waals surface area contributed by atoms with Gasteiger partial charge in [-0.3, -0.25) is 4.79 Å². The number of carbonyl (C=O) groups excluding carboxylic acids is 2. The molecule has 0 aromatic carbocycles. The van der Waals surface area contributed by atoms with Gasteiger partial charge in [0.15, 0.2) is 9.47 Å². The van der Waals surface area contributed by atoms with E-state index in [0.29, 0.717) is 31.6 Å². The Hall–Kier alpha value is -1.72. The van der Waals surface area contributed by atoms with Gasteiger partial charge in [-0.1, -0.05) is 41.4 Å². The summed E-state index contributed by atoms with van der Waals surface area (Å²) in [5, 5.41) is 10.8. The van der Waals surface area contributed by atoms with E-state index in [4.69, 9.17) is 10.5 Å². The van der Waals surface area contributed by atoms with Crippen molar-refractivity contribution in [3.8, 4) is 0 Å². The monoisotopic (exact) mass is 387 g/mol. The standard InChI is InChI=1S/C13H17N5O3S3/c1-4-7(22-13-18-17-11(14)24-13)9(19)16-12-15-6(3)8(23-12)10(20)21-5-2/h7H,4-5H2,1-3H3,(H2,14,17)(H,15,16,19)/t7-/m0/s1. The number of aryl methyl sites for hydroxylation is 1. The number of nitrogens with two attached hydrogens (primary N) is 1. The molecule has 0 fully saturated rings. The highest BCUT2D eigenvalue weighted by molar-refractivity contribution is 8.02. The molecule has 11 heteroatoms. The second-order valence-electron chi connectivity index (χ2n) is 4.56. The Bertz CT molecular complexity index is 730.